The van der Waals surface area contributed by atoms with Gasteiger partial charge in [0.15, 0.2) is 4.80 Å². The Morgan fingerprint density at radius 2 is 1.74 bits per heavy atom. The number of carbonyl (C=O) groups is 1. The molecule has 1 heterocycles. The average molecular weight is 514 g/mol. The van der Waals surface area contributed by atoms with Gasteiger partial charge >= 0.3 is 0 Å². The number of rotatable bonds is 9. The molecule has 0 aliphatic rings. The zero-order valence-corrected chi connectivity index (χ0v) is 22.3. The number of hydrogen-bond donors (Lipinski definition) is 0. The lowest BCUT2D eigenvalue weighted by molar-refractivity contribution is 0.0998. The Kier molecular flexibility index (Phi) is 8.54. The number of benzene rings is 2. The van der Waals surface area contributed by atoms with Crippen molar-refractivity contribution < 1.29 is 17.9 Å². The molecule has 0 bridgehead atoms. The Labute approximate surface area is 211 Å². The van der Waals surface area contributed by atoms with Crippen LogP contribution < -0.4 is 9.54 Å². The maximum atomic E-state index is 13.2. The number of ether oxygens (including phenoxy) is 1. The number of hydrogen-bond acceptors (Lipinski definition) is 5. The molecule has 0 radical (unpaired) electrons. The first-order valence-corrected chi connectivity index (χ1v) is 13.6. The van der Waals surface area contributed by atoms with E-state index in [9.17, 15) is 13.2 Å². The third kappa shape index (κ3) is 6.20. The number of aromatic nitrogens is 1. The zero-order valence-electron chi connectivity index (χ0n) is 20.7. The molecule has 3 rings (SSSR count). The number of sulfonamides is 1. The lowest BCUT2D eigenvalue weighted by Crippen LogP contribution is -2.37. The maximum absolute atomic E-state index is 13.2. The molecule has 1 aromatic heterocycles. The summed E-state index contributed by atoms with van der Waals surface area (Å²) in [5.74, 6) is 3.22. The highest BCUT2D eigenvalue weighted by Crippen LogP contribution is 2.23. The van der Waals surface area contributed by atoms with E-state index in [4.69, 9.17) is 11.2 Å². The molecule has 2 aromatic carbocycles. The molecule has 7 nitrogen and oxygen atoms in total. The lowest BCUT2D eigenvalue weighted by atomic mass is 10.2. The minimum Gasteiger partial charge on any atom is -0.497 e. The number of terminal acetylenes is 1. The predicted molar refractivity (Wildman–Crippen MR) is 140 cm³/mol. The van der Waals surface area contributed by atoms with Crippen LogP contribution in [-0.2, 0) is 16.6 Å². The Balaban J connectivity index is 1.95. The van der Waals surface area contributed by atoms with Gasteiger partial charge in [-0.3, -0.25) is 4.79 Å². The van der Waals surface area contributed by atoms with Gasteiger partial charge in [-0.25, -0.2) is 8.42 Å². The average Bonchev–Trinajstić information content (AvgIpc) is 3.14. The van der Waals surface area contributed by atoms with Crippen LogP contribution in [0.1, 0.15) is 38.1 Å². The van der Waals surface area contributed by atoms with Gasteiger partial charge in [0, 0.05) is 18.7 Å². The Hall–Kier alpha value is -2.93. The van der Waals surface area contributed by atoms with E-state index >= 15 is 0 Å². The summed E-state index contributed by atoms with van der Waals surface area (Å²) in [6.45, 7) is 9.08. The Bertz CT molecular complexity index is 1400. The molecular formula is C26H31N3O4S2. The van der Waals surface area contributed by atoms with Gasteiger partial charge in [0.25, 0.3) is 5.91 Å². The first-order chi connectivity index (χ1) is 16.6. The van der Waals surface area contributed by atoms with E-state index in [0.29, 0.717) is 29.2 Å². The molecule has 186 valence electrons. The van der Waals surface area contributed by atoms with Crippen LogP contribution in [0, 0.1) is 24.2 Å². The first-order valence-electron chi connectivity index (χ1n) is 11.4. The van der Waals surface area contributed by atoms with Gasteiger partial charge in [0.1, 0.15) is 5.75 Å². The van der Waals surface area contributed by atoms with E-state index in [1.54, 1.807) is 11.7 Å². The van der Waals surface area contributed by atoms with Crippen molar-refractivity contribution in [2.24, 2.45) is 16.8 Å². The van der Waals surface area contributed by atoms with E-state index in [1.807, 2.05) is 45.9 Å². The van der Waals surface area contributed by atoms with Gasteiger partial charge in [0.05, 0.1) is 28.8 Å². The third-order valence-electron chi connectivity index (χ3n) is 5.21. The maximum Gasteiger partial charge on any atom is 0.279 e. The highest BCUT2D eigenvalue weighted by molar-refractivity contribution is 7.89. The summed E-state index contributed by atoms with van der Waals surface area (Å²) in [5.41, 5.74) is 1.16. The molecule has 0 spiro atoms. The molecule has 35 heavy (non-hydrogen) atoms. The van der Waals surface area contributed by atoms with Crippen LogP contribution in [0.15, 0.2) is 52.4 Å². The smallest absolute Gasteiger partial charge is 0.279 e. The van der Waals surface area contributed by atoms with Crippen LogP contribution in [0.2, 0.25) is 0 Å². The minimum atomic E-state index is -3.68. The fourth-order valence-corrected chi connectivity index (χ4v) is 6.49. The zero-order chi connectivity index (χ0) is 25.8. The largest absolute Gasteiger partial charge is 0.497 e. The van der Waals surface area contributed by atoms with Crippen LogP contribution >= 0.6 is 11.3 Å². The van der Waals surface area contributed by atoms with Crippen LogP contribution in [0.25, 0.3) is 10.2 Å². The topological polar surface area (TPSA) is 81.0 Å². The van der Waals surface area contributed by atoms with E-state index in [2.05, 4.69) is 10.9 Å². The quantitative estimate of drug-likeness (QED) is 0.398. The second-order valence-electron chi connectivity index (χ2n) is 9.06. The molecule has 0 saturated heterocycles. The molecule has 0 unspecified atom stereocenters. The summed E-state index contributed by atoms with van der Waals surface area (Å²) < 4.78 is 35.9. The fourth-order valence-electron chi connectivity index (χ4n) is 3.67. The predicted octanol–water partition coefficient (Wildman–Crippen LogP) is 4.39. The van der Waals surface area contributed by atoms with Gasteiger partial charge in [-0.15, -0.1) is 6.42 Å². The molecule has 0 fully saturated rings. The summed E-state index contributed by atoms with van der Waals surface area (Å²) in [7, 11) is -2.08. The van der Waals surface area contributed by atoms with E-state index in [-0.39, 0.29) is 23.3 Å². The number of carbonyl (C=O) groups excluding carboxylic acids is 1. The van der Waals surface area contributed by atoms with Crippen molar-refractivity contribution in [1.82, 2.24) is 8.87 Å². The highest BCUT2D eigenvalue weighted by atomic mass is 32.2. The van der Waals surface area contributed by atoms with Crippen molar-refractivity contribution in [2.45, 2.75) is 39.1 Å². The molecule has 9 heteroatoms. The van der Waals surface area contributed by atoms with Gasteiger partial charge < -0.3 is 9.30 Å². The van der Waals surface area contributed by atoms with Crippen LogP contribution in [-0.4, -0.2) is 43.4 Å². The van der Waals surface area contributed by atoms with Gasteiger partial charge in [0.2, 0.25) is 10.0 Å². The Morgan fingerprint density at radius 3 is 2.29 bits per heavy atom. The second-order valence-corrected chi connectivity index (χ2v) is 12.0. The lowest BCUT2D eigenvalue weighted by Gasteiger charge is -2.25. The van der Waals surface area contributed by atoms with Gasteiger partial charge in [-0.1, -0.05) is 45.0 Å². The fraction of sp³-hybridized carbons (Fsp3) is 0.385. The van der Waals surface area contributed by atoms with Crippen molar-refractivity contribution in [3.63, 3.8) is 0 Å². The van der Waals surface area contributed by atoms with Crippen molar-refractivity contribution in [2.75, 3.05) is 20.2 Å². The first kappa shape index (κ1) is 26.7. The number of thiazole rings is 1. The van der Waals surface area contributed by atoms with Crippen molar-refractivity contribution in [1.29, 1.82) is 0 Å². The summed E-state index contributed by atoms with van der Waals surface area (Å²) in [4.78, 5) is 17.9. The summed E-state index contributed by atoms with van der Waals surface area (Å²) >= 11 is 1.34. The molecule has 0 saturated carbocycles. The summed E-state index contributed by atoms with van der Waals surface area (Å²) in [5, 5.41) is 0. The molecule has 1 amide bonds. The van der Waals surface area contributed by atoms with Crippen molar-refractivity contribution in [3.8, 4) is 18.1 Å². The monoisotopic (exact) mass is 513 g/mol. The van der Waals surface area contributed by atoms with Gasteiger partial charge in [-0.2, -0.15) is 9.30 Å². The van der Waals surface area contributed by atoms with E-state index < -0.39 is 15.9 Å². The second kappa shape index (κ2) is 11.2. The summed E-state index contributed by atoms with van der Waals surface area (Å²) in [6.07, 6.45) is 5.54. The molecule has 3 aromatic rings. The molecule has 0 aliphatic carbocycles. The SMILES string of the molecule is C#CCn1c(=NC(=O)c2ccc(S(=O)(=O)N(CC(C)C)CC(C)C)cc2)sc2cc(OC)ccc21. The third-order valence-corrected chi connectivity index (χ3v) is 8.10. The highest BCUT2D eigenvalue weighted by Gasteiger charge is 2.26. The normalized spacial score (nSPS) is 12.6. The summed E-state index contributed by atoms with van der Waals surface area (Å²) in [6, 6.07) is 11.5. The van der Waals surface area contributed by atoms with Crippen LogP contribution in [0.4, 0.5) is 0 Å². The van der Waals surface area contributed by atoms with E-state index in [1.165, 1.54) is 39.9 Å². The minimum absolute atomic E-state index is 0.159. The number of fused-ring (bicyclic) bond motifs is 1. The van der Waals surface area contributed by atoms with Crippen LogP contribution in [0.3, 0.4) is 0 Å². The number of amides is 1. The standard InChI is InChI=1S/C26H31N3O4S2/c1-7-14-29-23-13-10-21(33-6)15-24(23)34-26(29)27-25(30)20-8-11-22(12-9-20)35(31,32)28(16-18(2)3)17-19(4)5/h1,8-13,15,18-19H,14,16-17H2,2-6H3. The molecule has 0 atom stereocenters. The molecule has 0 aliphatic heterocycles. The Morgan fingerprint density at radius 1 is 1.11 bits per heavy atom. The number of nitrogens with zero attached hydrogens (tertiary/aromatic N) is 3. The van der Waals surface area contributed by atoms with Crippen molar-refractivity contribution >= 4 is 37.5 Å². The van der Waals surface area contributed by atoms with Crippen LogP contribution in [0.5, 0.6) is 5.75 Å². The van der Waals surface area contributed by atoms with Crippen molar-refractivity contribution in [3.05, 3.63) is 52.8 Å². The molecular weight excluding hydrogens is 482 g/mol. The molecule has 0 N–H and O–H groups in total. The van der Waals surface area contributed by atoms with Gasteiger partial charge in [-0.05, 0) is 54.3 Å². The number of methoxy groups -OCH3 is 1. The van der Waals surface area contributed by atoms with E-state index in [0.717, 1.165) is 10.2 Å².